The van der Waals surface area contributed by atoms with Crippen LogP contribution in [0.3, 0.4) is 0 Å². The Labute approximate surface area is 294 Å². The Morgan fingerprint density at radius 1 is 0.745 bits per heavy atom. The first-order chi connectivity index (χ1) is 22.7. The van der Waals surface area contributed by atoms with Crippen molar-refractivity contribution in [3.63, 3.8) is 0 Å². The van der Waals surface area contributed by atoms with Gasteiger partial charge in [-0.3, -0.25) is 0 Å². The molecule has 3 saturated carbocycles. The van der Waals surface area contributed by atoms with E-state index in [0.29, 0.717) is 16.9 Å². The van der Waals surface area contributed by atoms with Crippen LogP contribution in [0.4, 0.5) is 0 Å². The molecule has 0 saturated heterocycles. The second-order valence-electron chi connectivity index (χ2n) is 18.1. The fraction of sp³-hybridized carbons (Fsp3) is 0.870. The lowest BCUT2D eigenvalue weighted by atomic mass is 9.47. The number of rotatable bonds is 21. The van der Waals surface area contributed by atoms with Gasteiger partial charge in [-0.15, -0.1) is 0 Å². The van der Waals surface area contributed by atoms with Gasteiger partial charge < -0.3 is 4.74 Å². The zero-order valence-corrected chi connectivity index (χ0v) is 32.7. The second kappa shape index (κ2) is 19.5. The lowest BCUT2D eigenvalue weighted by Gasteiger charge is -2.58. The molecule has 3 fully saturated rings. The molecule has 0 aromatic carbocycles. The van der Waals surface area contributed by atoms with Crippen LogP contribution in [-0.2, 0) is 4.74 Å². The summed E-state index contributed by atoms with van der Waals surface area (Å²) in [6, 6.07) is 0. The van der Waals surface area contributed by atoms with Crippen molar-refractivity contribution in [2.24, 2.45) is 52.3 Å². The fourth-order valence-corrected chi connectivity index (χ4v) is 11.0. The summed E-state index contributed by atoms with van der Waals surface area (Å²) in [6.07, 6.45) is 42.6. The van der Waals surface area contributed by atoms with Gasteiger partial charge in [0.1, 0.15) is 0 Å². The van der Waals surface area contributed by atoms with Crippen LogP contribution in [0, 0.1) is 52.3 Å². The maximum absolute atomic E-state index is 6.58. The molecule has 0 aromatic heterocycles. The van der Waals surface area contributed by atoms with Gasteiger partial charge in [0.05, 0.1) is 6.10 Å². The van der Waals surface area contributed by atoms with E-state index in [-0.39, 0.29) is 0 Å². The molecular formula is C46H80O. The topological polar surface area (TPSA) is 9.23 Å². The summed E-state index contributed by atoms with van der Waals surface area (Å²) < 4.78 is 6.58. The van der Waals surface area contributed by atoms with Gasteiger partial charge in [-0.1, -0.05) is 136 Å². The quantitative estimate of drug-likeness (QED) is 0.0889. The third-order valence-corrected chi connectivity index (χ3v) is 14.7. The van der Waals surface area contributed by atoms with Crippen molar-refractivity contribution in [1.82, 2.24) is 0 Å². The van der Waals surface area contributed by atoms with E-state index in [1.807, 2.05) is 5.57 Å². The van der Waals surface area contributed by atoms with E-state index in [2.05, 4.69) is 78.8 Å². The predicted molar refractivity (Wildman–Crippen MR) is 207 cm³/mol. The van der Waals surface area contributed by atoms with E-state index in [1.54, 1.807) is 0 Å². The van der Waals surface area contributed by atoms with Gasteiger partial charge in [-0.25, -0.2) is 0 Å². The minimum atomic E-state index is 0.514. The molecule has 0 bridgehead atoms. The molecule has 1 nitrogen and oxygen atoms in total. The summed E-state index contributed by atoms with van der Waals surface area (Å²) in [5.74, 6) is 6.05. The predicted octanol–water partition coefficient (Wildman–Crippen LogP) is 14.5. The largest absolute Gasteiger partial charge is 0.378 e. The highest BCUT2D eigenvalue weighted by atomic mass is 16.5. The van der Waals surface area contributed by atoms with Gasteiger partial charge >= 0.3 is 0 Å². The zero-order valence-electron chi connectivity index (χ0n) is 32.7. The van der Waals surface area contributed by atoms with E-state index in [0.717, 1.165) is 54.5 Å². The van der Waals surface area contributed by atoms with Crippen molar-refractivity contribution in [2.75, 3.05) is 6.61 Å². The molecule has 47 heavy (non-hydrogen) atoms. The second-order valence-corrected chi connectivity index (χ2v) is 18.1. The molecule has 0 spiro atoms. The molecule has 270 valence electrons. The Balaban J connectivity index is 1.11. The fourth-order valence-electron chi connectivity index (χ4n) is 11.0. The lowest BCUT2D eigenvalue weighted by molar-refractivity contribution is -0.0672. The van der Waals surface area contributed by atoms with Crippen LogP contribution in [-0.4, -0.2) is 12.7 Å². The molecular weight excluding hydrogens is 569 g/mol. The summed E-state index contributed by atoms with van der Waals surface area (Å²) in [4.78, 5) is 0. The lowest BCUT2D eigenvalue weighted by Crippen LogP contribution is -2.50. The molecule has 4 aliphatic carbocycles. The normalized spacial score (nSPS) is 33.6. The Morgan fingerprint density at radius 3 is 2.13 bits per heavy atom. The number of hydrogen-bond acceptors (Lipinski definition) is 1. The number of fused-ring (bicyclic) bond motifs is 5. The van der Waals surface area contributed by atoms with Crippen molar-refractivity contribution in [2.45, 2.75) is 196 Å². The van der Waals surface area contributed by atoms with Crippen LogP contribution in [0.15, 0.2) is 36.0 Å². The van der Waals surface area contributed by atoms with Crippen molar-refractivity contribution in [3.05, 3.63) is 36.0 Å². The number of allylic oxidation sites excluding steroid dienone is 6. The van der Waals surface area contributed by atoms with Crippen molar-refractivity contribution < 1.29 is 4.74 Å². The summed E-state index contributed by atoms with van der Waals surface area (Å²) >= 11 is 0. The smallest absolute Gasteiger partial charge is 0.0578 e. The van der Waals surface area contributed by atoms with Crippen molar-refractivity contribution in [3.8, 4) is 0 Å². The zero-order chi connectivity index (χ0) is 33.7. The summed E-state index contributed by atoms with van der Waals surface area (Å²) in [7, 11) is 0. The molecule has 0 radical (unpaired) electrons. The number of unbranched alkanes of at least 4 members (excludes halogenated alkanes) is 9. The molecule has 1 heteroatoms. The van der Waals surface area contributed by atoms with Crippen LogP contribution < -0.4 is 0 Å². The van der Waals surface area contributed by atoms with E-state index >= 15 is 0 Å². The van der Waals surface area contributed by atoms with Crippen molar-refractivity contribution in [1.29, 1.82) is 0 Å². The minimum absolute atomic E-state index is 0.514. The van der Waals surface area contributed by atoms with Gasteiger partial charge in [-0.2, -0.15) is 0 Å². The third-order valence-electron chi connectivity index (χ3n) is 14.7. The monoisotopic (exact) mass is 649 g/mol. The highest BCUT2D eigenvalue weighted by Gasteiger charge is 2.58. The maximum Gasteiger partial charge on any atom is 0.0578 e. The highest BCUT2D eigenvalue weighted by Crippen LogP contribution is 2.67. The van der Waals surface area contributed by atoms with Gasteiger partial charge in [0.2, 0.25) is 0 Å². The van der Waals surface area contributed by atoms with Crippen LogP contribution in [0.2, 0.25) is 0 Å². The SMILES string of the molecule is CCCCC/C=C\C/C=C\CCCCCCCCO[C@H]1CC[C@@]2(C)C(CC=C3[C@@H]4CC[C@H]([C@H](C)CC[C@H](C)C(C)C)[C@@]4(C)CC[C@@H]32)C1. The van der Waals surface area contributed by atoms with Crippen molar-refractivity contribution >= 4 is 0 Å². The van der Waals surface area contributed by atoms with Crippen LogP contribution >= 0.6 is 0 Å². The van der Waals surface area contributed by atoms with E-state index in [9.17, 15) is 0 Å². The van der Waals surface area contributed by atoms with E-state index in [1.165, 1.54) is 135 Å². The molecule has 4 rings (SSSR count). The van der Waals surface area contributed by atoms with E-state index in [4.69, 9.17) is 4.74 Å². The Morgan fingerprint density at radius 2 is 1.40 bits per heavy atom. The van der Waals surface area contributed by atoms with Crippen LogP contribution in [0.1, 0.15) is 190 Å². The average molecular weight is 649 g/mol. The Bertz CT molecular complexity index is 972. The van der Waals surface area contributed by atoms with Gasteiger partial charge in [0, 0.05) is 6.61 Å². The highest BCUT2D eigenvalue weighted by molar-refractivity contribution is 5.27. The van der Waals surface area contributed by atoms with Gasteiger partial charge in [0.25, 0.3) is 0 Å². The Kier molecular flexibility index (Phi) is 16.2. The van der Waals surface area contributed by atoms with Gasteiger partial charge in [0.15, 0.2) is 0 Å². The first kappa shape index (κ1) is 39.0. The molecule has 0 heterocycles. The molecule has 0 N–H and O–H groups in total. The van der Waals surface area contributed by atoms with Crippen LogP contribution in [0.5, 0.6) is 0 Å². The molecule has 0 aromatic rings. The summed E-state index contributed by atoms with van der Waals surface area (Å²) in [5, 5.41) is 0. The maximum atomic E-state index is 6.58. The standard InChI is InChI=1S/C46H80O/c1-8-9-10-11-12-13-14-15-16-17-18-19-20-21-22-23-34-47-40-30-32-45(6)39(35-40)26-27-41-43-29-28-42(46(43,7)33-31-44(41)45)38(5)25-24-37(4)36(2)3/h12-13,15-16,27,36-40,42-44H,8-11,14,17-26,28-35H2,1-7H3/b13-12-,16-15-/t37-,38+,39?,40-,42+,43-,44-,45-,46+/m0/s1. The average Bonchev–Trinajstić information content (AvgIpc) is 3.42. The molecule has 0 amide bonds. The van der Waals surface area contributed by atoms with E-state index < -0.39 is 0 Å². The molecule has 9 atom stereocenters. The minimum Gasteiger partial charge on any atom is -0.378 e. The first-order valence-corrected chi connectivity index (χ1v) is 21.3. The third kappa shape index (κ3) is 10.6. The number of hydrogen-bond donors (Lipinski definition) is 0. The van der Waals surface area contributed by atoms with Gasteiger partial charge in [-0.05, 0) is 142 Å². The molecule has 4 aliphatic rings. The molecule has 1 unspecified atom stereocenters. The summed E-state index contributed by atoms with van der Waals surface area (Å²) in [6.45, 7) is 18.6. The summed E-state index contributed by atoms with van der Waals surface area (Å²) in [5.41, 5.74) is 3.00. The number of ether oxygens (including phenoxy) is 1. The molecule has 0 aliphatic heterocycles. The Hall–Kier alpha value is -0.820. The van der Waals surface area contributed by atoms with Crippen LogP contribution in [0.25, 0.3) is 0 Å². The first-order valence-electron chi connectivity index (χ1n) is 21.3.